The van der Waals surface area contributed by atoms with Gasteiger partial charge in [-0.15, -0.1) is 0 Å². The number of aromatic nitrogens is 4. The van der Waals surface area contributed by atoms with Gasteiger partial charge in [-0.25, -0.2) is 4.68 Å². The van der Waals surface area contributed by atoms with Gasteiger partial charge >= 0.3 is 6.01 Å². The topological polar surface area (TPSA) is 83.8 Å². The summed E-state index contributed by atoms with van der Waals surface area (Å²) in [5, 5.41) is 4.77. The van der Waals surface area contributed by atoms with Crippen LogP contribution in [0.3, 0.4) is 0 Å². The van der Waals surface area contributed by atoms with Crippen LogP contribution in [0.15, 0.2) is 42.6 Å². The summed E-state index contributed by atoms with van der Waals surface area (Å²) in [4.78, 5) is 11.6. The number of anilines is 1. The van der Waals surface area contributed by atoms with Crippen molar-refractivity contribution < 1.29 is 18.9 Å². The zero-order valence-electron chi connectivity index (χ0n) is 19.6. The van der Waals surface area contributed by atoms with Gasteiger partial charge in [0, 0.05) is 44.1 Å². The summed E-state index contributed by atoms with van der Waals surface area (Å²) in [6.07, 6.45) is 5.06. The minimum Gasteiger partial charge on any atom is -0.497 e. The maximum atomic E-state index is 6.05. The molecule has 1 aromatic carbocycles. The van der Waals surface area contributed by atoms with Gasteiger partial charge in [-0.2, -0.15) is 15.1 Å². The van der Waals surface area contributed by atoms with E-state index in [9.17, 15) is 0 Å². The van der Waals surface area contributed by atoms with E-state index in [1.807, 2.05) is 42.6 Å². The van der Waals surface area contributed by atoms with Crippen molar-refractivity contribution in [2.75, 3.05) is 58.1 Å². The maximum absolute atomic E-state index is 6.05. The predicted octanol–water partition coefficient (Wildman–Crippen LogP) is 3.37. The molecule has 0 atom stereocenters. The van der Waals surface area contributed by atoms with Crippen molar-refractivity contribution in [1.29, 1.82) is 0 Å². The zero-order chi connectivity index (χ0) is 23.2. The van der Waals surface area contributed by atoms with Crippen molar-refractivity contribution in [1.82, 2.24) is 19.7 Å². The lowest BCUT2D eigenvalue weighted by molar-refractivity contribution is 0.0589. The first-order valence-electron chi connectivity index (χ1n) is 11.9. The number of nitrogens with zero attached hydrogens (tertiary/aromatic N) is 5. The van der Waals surface area contributed by atoms with Gasteiger partial charge in [0.2, 0.25) is 0 Å². The van der Waals surface area contributed by atoms with E-state index in [1.165, 1.54) is 0 Å². The van der Waals surface area contributed by atoms with Gasteiger partial charge in [0.25, 0.3) is 0 Å². The molecule has 0 N–H and O–H groups in total. The normalized spacial score (nSPS) is 17.0. The minimum absolute atomic E-state index is 0.379. The van der Waals surface area contributed by atoms with Crippen molar-refractivity contribution in [3.8, 4) is 28.8 Å². The standard InChI is InChI=1S/C25H31N5O4/c1-31-21-4-2-3-20(17-21)22-5-9-30(28-22)24-18-23(29-10-15-33-16-11-29)26-25(27-24)34-14-8-19-6-12-32-13-7-19/h2-5,9,17-19H,6-8,10-16H2,1H3. The Morgan fingerprint density at radius 3 is 2.59 bits per heavy atom. The number of hydrogen-bond donors (Lipinski definition) is 0. The first-order valence-corrected chi connectivity index (χ1v) is 11.9. The molecule has 2 aromatic heterocycles. The maximum Gasteiger partial charge on any atom is 0.320 e. The molecule has 34 heavy (non-hydrogen) atoms. The molecule has 3 aromatic rings. The molecule has 0 saturated carbocycles. The van der Waals surface area contributed by atoms with Crippen LogP contribution < -0.4 is 14.4 Å². The van der Waals surface area contributed by atoms with Crippen LogP contribution in [0.25, 0.3) is 17.1 Å². The molecule has 2 aliphatic heterocycles. The monoisotopic (exact) mass is 465 g/mol. The molecule has 5 rings (SSSR count). The summed E-state index contributed by atoms with van der Waals surface area (Å²) in [6.45, 7) is 5.20. The fourth-order valence-corrected chi connectivity index (χ4v) is 4.28. The largest absolute Gasteiger partial charge is 0.497 e. The van der Waals surface area contributed by atoms with Crippen molar-refractivity contribution in [2.24, 2.45) is 5.92 Å². The number of methoxy groups -OCH3 is 1. The SMILES string of the molecule is COc1cccc(-c2ccn(-c3cc(N4CCOCC4)nc(OCCC4CCOCC4)n3)n2)c1. The molecule has 2 aliphatic rings. The average molecular weight is 466 g/mol. The summed E-state index contributed by atoms with van der Waals surface area (Å²) in [5.74, 6) is 2.93. The molecule has 2 saturated heterocycles. The fourth-order valence-electron chi connectivity index (χ4n) is 4.28. The fraction of sp³-hybridized carbons (Fsp3) is 0.480. The summed E-state index contributed by atoms with van der Waals surface area (Å²) in [7, 11) is 1.66. The highest BCUT2D eigenvalue weighted by Crippen LogP contribution is 2.25. The van der Waals surface area contributed by atoms with E-state index in [0.29, 0.717) is 37.6 Å². The quantitative estimate of drug-likeness (QED) is 0.501. The Labute approximate surface area is 199 Å². The van der Waals surface area contributed by atoms with Crippen molar-refractivity contribution in [2.45, 2.75) is 19.3 Å². The molecule has 0 aliphatic carbocycles. The number of morpholine rings is 1. The summed E-state index contributed by atoms with van der Waals surface area (Å²) >= 11 is 0. The van der Waals surface area contributed by atoms with E-state index in [0.717, 1.165) is 68.4 Å². The highest BCUT2D eigenvalue weighted by Gasteiger charge is 2.18. The number of hydrogen-bond acceptors (Lipinski definition) is 8. The lowest BCUT2D eigenvalue weighted by Crippen LogP contribution is -2.37. The van der Waals surface area contributed by atoms with E-state index in [-0.39, 0.29) is 0 Å². The lowest BCUT2D eigenvalue weighted by atomic mass is 9.97. The lowest BCUT2D eigenvalue weighted by Gasteiger charge is -2.28. The summed E-state index contributed by atoms with van der Waals surface area (Å²) < 4.78 is 24.1. The number of benzene rings is 1. The highest BCUT2D eigenvalue weighted by atomic mass is 16.5. The second-order valence-electron chi connectivity index (χ2n) is 8.54. The number of rotatable bonds is 8. The molecule has 0 radical (unpaired) electrons. The molecule has 0 unspecified atom stereocenters. The van der Waals surface area contributed by atoms with Gasteiger partial charge in [-0.1, -0.05) is 12.1 Å². The number of ether oxygens (including phenoxy) is 4. The Kier molecular flexibility index (Phi) is 7.21. The van der Waals surface area contributed by atoms with Gasteiger partial charge < -0.3 is 23.8 Å². The van der Waals surface area contributed by atoms with Gasteiger partial charge in [-0.3, -0.25) is 0 Å². The highest BCUT2D eigenvalue weighted by molar-refractivity contribution is 5.61. The van der Waals surface area contributed by atoms with Gasteiger partial charge in [0.15, 0.2) is 5.82 Å². The van der Waals surface area contributed by atoms with Crippen LogP contribution in [0, 0.1) is 5.92 Å². The third kappa shape index (κ3) is 5.48. The van der Waals surface area contributed by atoms with Gasteiger partial charge in [0.05, 0.1) is 32.6 Å². The summed E-state index contributed by atoms with van der Waals surface area (Å²) in [5.41, 5.74) is 1.82. The van der Waals surface area contributed by atoms with E-state index in [1.54, 1.807) is 11.8 Å². The summed E-state index contributed by atoms with van der Waals surface area (Å²) in [6, 6.07) is 12.2. The molecule has 9 heteroatoms. The van der Waals surface area contributed by atoms with Crippen molar-refractivity contribution >= 4 is 5.82 Å². The third-order valence-corrected chi connectivity index (χ3v) is 6.30. The molecule has 0 bridgehead atoms. The molecule has 2 fully saturated rings. The van der Waals surface area contributed by atoms with E-state index < -0.39 is 0 Å². The molecule has 0 amide bonds. The molecule has 4 heterocycles. The Bertz CT molecular complexity index is 1080. The van der Waals surface area contributed by atoms with E-state index in [2.05, 4.69) is 9.88 Å². The molecule has 0 spiro atoms. The third-order valence-electron chi connectivity index (χ3n) is 6.30. The molecule has 180 valence electrons. The van der Waals surface area contributed by atoms with Crippen molar-refractivity contribution in [3.63, 3.8) is 0 Å². The van der Waals surface area contributed by atoms with Crippen LogP contribution >= 0.6 is 0 Å². The Morgan fingerprint density at radius 1 is 0.971 bits per heavy atom. The van der Waals surface area contributed by atoms with Crippen LogP contribution in [0.1, 0.15) is 19.3 Å². The Balaban J connectivity index is 1.37. The molecular formula is C25H31N5O4. The predicted molar refractivity (Wildman–Crippen MR) is 128 cm³/mol. The van der Waals surface area contributed by atoms with Crippen LogP contribution in [-0.4, -0.2) is 73.0 Å². The average Bonchev–Trinajstić information content (AvgIpc) is 3.40. The second kappa shape index (κ2) is 10.8. The second-order valence-corrected chi connectivity index (χ2v) is 8.54. The first kappa shape index (κ1) is 22.6. The first-order chi connectivity index (χ1) is 16.8. The van der Waals surface area contributed by atoms with Crippen LogP contribution in [0.4, 0.5) is 5.82 Å². The minimum atomic E-state index is 0.379. The Morgan fingerprint density at radius 2 is 1.76 bits per heavy atom. The van der Waals surface area contributed by atoms with E-state index >= 15 is 0 Å². The van der Waals surface area contributed by atoms with Gasteiger partial charge in [-0.05, 0) is 43.4 Å². The van der Waals surface area contributed by atoms with E-state index in [4.69, 9.17) is 29.0 Å². The van der Waals surface area contributed by atoms with Gasteiger partial charge in [0.1, 0.15) is 11.6 Å². The van der Waals surface area contributed by atoms with Crippen LogP contribution in [0.2, 0.25) is 0 Å². The molecule has 9 nitrogen and oxygen atoms in total. The van der Waals surface area contributed by atoms with Crippen LogP contribution in [-0.2, 0) is 9.47 Å². The van der Waals surface area contributed by atoms with Crippen molar-refractivity contribution in [3.05, 3.63) is 42.6 Å². The molecular weight excluding hydrogens is 434 g/mol. The zero-order valence-corrected chi connectivity index (χ0v) is 19.6. The van der Waals surface area contributed by atoms with Crippen LogP contribution in [0.5, 0.6) is 11.8 Å². The smallest absolute Gasteiger partial charge is 0.320 e. The Hall–Kier alpha value is -3.17.